The van der Waals surface area contributed by atoms with Gasteiger partial charge in [-0.2, -0.15) is 0 Å². The molecule has 1 heterocycles. The van der Waals surface area contributed by atoms with Crippen LogP contribution in [0.2, 0.25) is 0 Å². The topological polar surface area (TPSA) is 71.1 Å². The first kappa shape index (κ1) is 20.1. The molecule has 3 rings (SSSR count). The van der Waals surface area contributed by atoms with Crippen LogP contribution in [0.5, 0.6) is 0 Å². The van der Waals surface area contributed by atoms with Crippen molar-refractivity contribution in [2.75, 3.05) is 7.05 Å². The van der Waals surface area contributed by atoms with Gasteiger partial charge >= 0.3 is 0 Å². The van der Waals surface area contributed by atoms with Crippen LogP contribution < -0.4 is 10.6 Å². The monoisotopic (exact) mass is 455 g/mol. The summed E-state index contributed by atoms with van der Waals surface area (Å²) in [5.41, 5.74) is 2.00. The van der Waals surface area contributed by atoms with Crippen LogP contribution in [0.25, 0.3) is 0 Å². The van der Waals surface area contributed by atoms with Crippen molar-refractivity contribution in [3.8, 4) is 0 Å². The maximum Gasteiger partial charge on any atom is 0.252 e. The van der Waals surface area contributed by atoms with Crippen molar-refractivity contribution < 1.29 is 9.59 Å². The van der Waals surface area contributed by atoms with Crippen molar-refractivity contribution in [1.29, 1.82) is 0 Å². The lowest BCUT2D eigenvalue weighted by atomic mass is 10.1. The molecule has 2 N–H and O–H groups in total. The number of pyridine rings is 1. The van der Waals surface area contributed by atoms with Gasteiger partial charge in [-0.05, 0) is 57.9 Å². The highest BCUT2D eigenvalue weighted by atomic mass is 79.9. The number of nitrogens with one attached hydrogen (secondary N) is 2. The average molecular weight is 456 g/mol. The van der Waals surface area contributed by atoms with E-state index in [1.807, 2.05) is 36.4 Å². The second-order valence-corrected chi connectivity index (χ2v) is 7.85. The fourth-order valence-corrected chi connectivity index (χ4v) is 3.64. The fraction of sp³-hybridized carbons (Fsp3) is 0.0952. The number of hydrogen-bond acceptors (Lipinski definition) is 4. The van der Waals surface area contributed by atoms with Crippen LogP contribution in [-0.4, -0.2) is 23.8 Å². The lowest BCUT2D eigenvalue weighted by molar-refractivity contribution is 0.0946. The first-order chi connectivity index (χ1) is 13.6. The fourth-order valence-electron chi connectivity index (χ4n) is 2.52. The van der Waals surface area contributed by atoms with E-state index < -0.39 is 0 Å². The Bertz CT molecular complexity index is 993. The van der Waals surface area contributed by atoms with E-state index in [0.29, 0.717) is 17.7 Å². The Morgan fingerprint density at radius 2 is 1.86 bits per heavy atom. The van der Waals surface area contributed by atoms with Crippen LogP contribution in [0.3, 0.4) is 0 Å². The zero-order valence-electron chi connectivity index (χ0n) is 15.1. The molecular formula is C21H18BrN3O2S. The van der Waals surface area contributed by atoms with E-state index >= 15 is 0 Å². The SMILES string of the molecule is CNC(=O)c1cccc(CNC(=O)c2ccccc2Sc2ccc(Br)cn2)c1. The van der Waals surface area contributed by atoms with E-state index in [0.717, 1.165) is 20.0 Å². The van der Waals surface area contributed by atoms with E-state index in [2.05, 4.69) is 31.5 Å². The third kappa shape index (κ3) is 5.21. The molecule has 5 nitrogen and oxygen atoms in total. The van der Waals surface area contributed by atoms with Crippen LogP contribution in [0.4, 0.5) is 0 Å². The minimum atomic E-state index is -0.175. The number of carbonyl (C=O) groups is 2. The number of rotatable bonds is 6. The zero-order valence-corrected chi connectivity index (χ0v) is 17.5. The molecule has 0 aliphatic rings. The van der Waals surface area contributed by atoms with Gasteiger partial charge in [-0.25, -0.2) is 4.98 Å². The molecule has 0 atom stereocenters. The quantitative estimate of drug-likeness (QED) is 0.581. The molecule has 0 unspecified atom stereocenters. The van der Waals surface area contributed by atoms with Gasteiger partial charge in [-0.15, -0.1) is 0 Å². The molecule has 0 spiro atoms. The second kappa shape index (κ2) is 9.52. The normalized spacial score (nSPS) is 10.4. The summed E-state index contributed by atoms with van der Waals surface area (Å²) in [4.78, 5) is 29.7. The highest BCUT2D eigenvalue weighted by molar-refractivity contribution is 9.10. The van der Waals surface area contributed by atoms with Crippen LogP contribution in [-0.2, 0) is 6.54 Å². The molecule has 0 aliphatic carbocycles. The van der Waals surface area contributed by atoms with Gasteiger partial charge in [0.05, 0.1) is 5.56 Å². The number of benzene rings is 2. The molecule has 1 aromatic heterocycles. The third-order valence-corrected chi connectivity index (χ3v) is 5.41. The van der Waals surface area contributed by atoms with Gasteiger partial charge in [0.25, 0.3) is 11.8 Å². The Hall–Kier alpha value is -2.64. The number of amides is 2. The molecule has 142 valence electrons. The predicted octanol–water partition coefficient (Wildman–Crippen LogP) is 4.28. The zero-order chi connectivity index (χ0) is 19.9. The number of nitrogens with zero attached hydrogens (tertiary/aromatic N) is 1. The first-order valence-electron chi connectivity index (χ1n) is 8.54. The number of halogens is 1. The molecule has 0 radical (unpaired) electrons. The third-order valence-electron chi connectivity index (χ3n) is 3.92. The van der Waals surface area contributed by atoms with Crippen LogP contribution in [0, 0.1) is 0 Å². The van der Waals surface area contributed by atoms with Gasteiger partial charge in [0.15, 0.2) is 0 Å². The summed E-state index contributed by atoms with van der Waals surface area (Å²) in [5.74, 6) is -0.331. The molecule has 0 aliphatic heterocycles. The van der Waals surface area contributed by atoms with Crippen molar-refractivity contribution in [2.45, 2.75) is 16.5 Å². The Kier molecular flexibility index (Phi) is 6.84. The van der Waals surface area contributed by atoms with Crippen molar-refractivity contribution >= 4 is 39.5 Å². The van der Waals surface area contributed by atoms with E-state index in [4.69, 9.17) is 0 Å². The highest BCUT2D eigenvalue weighted by Crippen LogP contribution is 2.29. The van der Waals surface area contributed by atoms with Gasteiger partial charge in [-0.1, -0.05) is 36.0 Å². The molecule has 3 aromatic rings. The van der Waals surface area contributed by atoms with Crippen molar-refractivity contribution in [2.24, 2.45) is 0 Å². The minimum absolute atomic E-state index is 0.156. The van der Waals surface area contributed by atoms with Crippen molar-refractivity contribution in [3.05, 3.63) is 88.0 Å². The van der Waals surface area contributed by atoms with Crippen LogP contribution in [0.15, 0.2) is 81.3 Å². The van der Waals surface area contributed by atoms with E-state index in [1.54, 1.807) is 37.5 Å². The van der Waals surface area contributed by atoms with Gasteiger partial charge < -0.3 is 10.6 Å². The predicted molar refractivity (Wildman–Crippen MR) is 114 cm³/mol. The largest absolute Gasteiger partial charge is 0.355 e. The number of carbonyl (C=O) groups excluding carboxylic acids is 2. The number of aromatic nitrogens is 1. The summed E-state index contributed by atoms with van der Waals surface area (Å²) in [5, 5.41) is 6.33. The molecule has 2 aromatic carbocycles. The molecule has 28 heavy (non-hydrogen) atoms. The first-order valence-corrected chi connectivity index (χ1v) is 10.2. The Balaban J connectivity index is 1.71. The Morgan fingerprint density at radius 3 is 2.61 bits per heavy atom. The Labute approximate surface area is 176 Å². The van der Waals surface area contributed by atoms with Gasteiger partial charge in [-0.3, -0.25) is 9.59 Å². The van der Waals surface area contributed by atoms with Crippen molar-refractivity contribution in [1.82, 2.24) is 15.6 Å². The van der Waals surface area contributed by atoms with Gasteiger partial charge in [0.2, 0.25) is 0 Å². The molecule has 7 heteroatoms. The van der Waals surface area contributed by atoms with E-state index in [9.17, 15) is 9.59 Å². The number of hydrogen-bond donors (Lipinski definition) is 2. The van der Waals surface area contributed by atoms with Gasteiger partial charge in [0, 0.05) is 34.7 Å². The van der Waals surface area contributed by atoms with Crippen molar-refractivity contribution in [3.63, 3.8) is 0 Å². The average Bonchev–Trinajstić information content (AvgIpc) is 2.73. The van der Waals surface area contributed by atoms with E-state index in [1.165, 1.54) is 11.8 Å². The lowest BCUT2D eigenvalue weighted by Gasteiger charge is -2.10. The summed E-state index contributed by atoms with van der Waals surface area (Å²) in [7, 11) is 1.59. The molecule has 0 saturated heterocycles. The summed E-state index contributed by atoms with van der Waals surface area (Å²) >= 11 is 4.81. The smallest absolute Gasteiger partial charge is 0.252 e. The summed E-state index contributed by atoms with van der Waals surface area (Å²) < 4.78 is 0.905. The second-order valence-electron chi connectivity index (χ2n) is 5.88. The molecule has 0 saturated carbocycles. The summed E-state index contributed by atoms with van der Waals surface area (Å²) in [6.45, 7) is 0.333. The molecular weight excluding hydrogens is 438 g/mol. The van der Waals surface area contributed by atoms with Crippen LogP contribution >= 0.6 is 27.7 Å². The highest BCUT2D eigenvalue weighted by Gasteiger charge is 2.13. The summed E-state index contributed by atoms with van der Waals surface area (Å²) in [6.07, 6.45) is 1.73. The maximum atomic E-state index is 12.7. The Morgan fingerprint density at radius 1 is 1.04 bits per heavy atom. The van der Waals surface area contributed by atoms with E-state index in [-0.39, 0.29) is 11.8 Å². The maximum absolute atomic E-state index is 12.7. The standard InChI is InChI=1S/C21H18BrN3O2S/c1-23-20(26)15-6-4-5-14(11-15)12-25-21(27)17-7-2-3-8-18(17)28-19-10-9-16(22)13-24-19/h2-11,13H,12H2,1H3,(H,23,26)(H,25,27). The van der Waals surface area contributed by atoms with Gasteiger partial charge in [0.1, 0.15) is 5.03 Å². The molecule has 2 amide bonds. The molecule has 0 bridgehead atoms. The minimum Gasteiger partial charge on any atom is -0.355 e. The lowest BCUT2D eigenvalue weighted by Crippen LogP contribution is -2.24. The summed E-state index contributed by atoms with van der Waals surface area (Å²) in [6, 6.07) is 18.4. The molecule has 0 fully saturated rings. The van der Waals surface area contributed by atoms with Crippen LogP contribution in [0.1, 0.15) is 26.3 Å².